The van der Waals surface area contributed by atoms with Crippen molar-refractivity contribution < 1.29 is 24.4 Å². The van der Waals surface area contributed by atoms with Gasteiger partial charge in [0.25, 0.3) is 11.8 Å². The summed E-state index contributed by atoms with van der Waals surface area (Å²) in [6.07, 6.45) is 0. The fraction of sp³-hybridized carbons (Fsp3) is 0.438. The molecule has 0 radical (unpaired) electrons. The van der Waals surface area contributed by atoms with Gasteiger partial charge in [0, 0.05) is 0 Å². The van der Waals surface area contributed by atoms with Crippen molar-refractivity contribution in [2.24, 2.45) is 0 Å². The van der Waals surface area contributed by atoms with Crippen molar-refractivity contribution in [2.45, 2.75) is 0 Å². The molecule has 7 heteroatoms. The third kappa shape index (κ3) is 2.97. The van der Waals surface area contributed by atoms with E-state index < -0.39 is 11.8 Å². The zero-order valence-electron chi connectivity index (χ0n) is 12.8. The molecule has 1 saturated heterocycles. The Morgan fingerprint density at radius 1 is 1.09 bits per heavy atom. The van der Waals surface area contributed by atoms with Gasteiger partial charge in [-0.3, -0.25) is 19.3 Å². The number of hydrogen-bond donors (Lipinski definition) is 2. The van der Waals surface area contributed by atoms with E-state index in [2.05, 4.69) is 0 Å². The van der Waals surface area contributed by atoms with Crippen molar-refractivity contribution in [1.29, 1.82) is 0 Å². The van der Waals surface area contributed by atoms with Gasteiger partial charge in [-0.25, -0.2) is 0 Å². The van der Waals surface area contributed by atoms with E-state index in [0.29, 0.717) is 30.8 Å². The first-order valence-electron chi connectivity index (χ1n) is 7.79. The number of piperazine rings is 1. The zero-order valence-corrected chi connectivity index (χ0v) is 12.8. The van der Waals surface area contributed by atoms with Gasteiger partial charge in [0.2, 0.25) is 5.91 Å². The first kappa shape index (κ1) is 15.6. The van der Waals surface area contributed by atoms with Crippen LogP contribution in [0.15, 0.2) is 24.3 Å². The lowest BCUT2D eigenvalue weighted by Crippen LogP contribution is -3.15. The Bertz CT molecular complexity index is 603. The standard InChI is InChI=1S/C16H19N3O4/c20-10-9-17-5-7-18(8-6-17)14(21)11-19-15(22)12-3-1-2-4-13(12)16(19)23/h1-4,20H,5-11H2/p+1. The van der Waals surface area contributed by atoms with E-state index in [1.807, 2.05) is 0 Å². The highest BCUT2D eigenvalue weighted by Gasteiger charge is 2.37. The molecule has 3 amide bonds. The Morgan fingerprint density at radius 3 is 2.17 bits per heavy atom. The largest absolute Gasteiger partial charge is 0.391 e. The average molecular weight is 318 g/mol. The van der Waals surface area contributed by atoms with Gasteiger partial charge in [0.1, 0.15) is 13.1 Å². The van der Waals surface area contributed by atoms with E-state index in [1.54, 1.807) is 29.2 Å². The summed E-state index contributed by atoms with van der Waals surface area (Å²) in [4.78, 5) is 40.9. The van der Waals surface area contributed by atoms with Crippen LogP contribution in [0.3, 0.4) is 0 Å². The van der Waals surface area contributed by atoms with E-state index in [-0.39, 0.29) is 19.1 Å². The van der Waals surface area contributed by atoms with Crippen LogP contribution in [0, 0.1) is 0 Å². The Labute approximate surface area is 134 Å². The number of fused-ring (bicyclic) bond motifs is 1. The lowest BCUT2D eigenvalue weighted by Gasteiger charge is -2.32. The van der Waals surface area contributed by atoms with E-state index in [0.717, 1.165) is 18.0 Å². The normalized spacial score (nSPS) is 18.5. The number of aliphatic hydroxyl groups is 1. The Balaban J connectivity index is 1.61. The van der Waals surface area contributed by atoms with Crippen LogP contribution < -0.4 is 4.90 Å². The predicted octanol–water partition coefficient (Wildman–Crippen LogP) is -2.00. The maximum atomic E-state index is 12.4. The highest BCUT2D eigenvalue weighted by molar-refractivity contribution is 6.22. The molecule has 0 atom stereocenters. The van der Waals surface area contributed by atoms with Gasteiger partial charge in [-0.15, -0.1) is 0 Å². The number of nitrogens with one attached hydrogen (secondary N) is 1. The molecule has 0 spiro atoms. The van der Waals surface area contributed by atoms with Gasteiger partial charge in [0.05, 0.1) is 43.9 Å². The molecule has 122 valence electrons. The lowest BCUT2D eigenvalue weighted by molar-refractivity contribution is -0.904. The third-order valence-electron chi connectivity index (χ3n) is 4.46. The number of carbonyl (C=O) groups is 3. The van der Waals surface area contributed by atoms with Crippen molar-refractivity contribution >= 4 is 17.7 Å². The molecule has 2 heterocycles. The maximum absolute atomic E-state index is 12.4. The maximum Gasteiger partial charge on any atom is 0.262 e. The fourth-order valence-electron chi connectivity index (χ4n) is 3.10. The summed E-state index contributed by atoms with van der Waals surface area (Å²) >= 11 is 0. The Kier molecular flexibility index (Phi) is 4.40. The summed E-state index contributed by atoms with van der Waals surface area (Å²) in [5.41, 5.74) is 0.727. The molecule has 0 unspecified atom stereocenters. The lowest BCUT2D eigenvalue weighted by atomic mass is 10.1. The van der Waals surface area contributed by atoms with Gasteiger partial charge in [-0.2, -0.15) is 0 Å². The molecule has 2 N–H and O–H groups in total. The number of hydrogen-bond acceptors (Lipinski definition) is 4. The molecule has 1 fully saturated rings. The zero-order chi connectivity index (χ0) is 16.4. The van der Waals surface area contributed by atoms with Gasteiger partial charge in [-0.1, -0.05) is 12.1 Å². The highest BCUT2D eigenvalue weighted by atomic mass is 16.3. The summed E-state index contributed by atoms with van der Waals surface area (Å²) in [7, 11) is 0. The predicted molar refractivity (Wildman–Crippen MR) is 81.0 cm³/mol. The molecule has 23 heavy (non-hydrogen) atoms. The van der Waals surface area contributed by atoms with Crippen LogP contribution in [0.2, 0.25) is 0 Å². The second-order valence-corrected chi connectivity index (χ2v) is 5.85. The third-order valence-corrected chi connectivity index (χ3v) is 4.46. The molecule has 3 rings (SSSR count). The minimum absolute atomic E-state index is 0.137. The average Bonchev–Trinajstić information content (AvgIpc) is 2.81. The van der Waals surface area contributed by atoms with Gasteiger partial charge in [-0.05, 0) is 12.1 Å². The molecule has 0 bridgehead atoms. The minimum atomic E-state index is -0.400. The monoisotopic (exact) mass is 318 g/mol. The first-order valence-corrected chi connectivity index (χ1v) is 7.79. The van der Waals surface area contributed by atoms with Crippen LogP contribution in [0.5, 0.6) is 0 Å². The van der Waals surface area contributed by atoms with Crippen LogP contribution in [0.1, 0.15) is 20.7 Å². The van der Waals surface area contributed by atoms with E-state index in [9.17, 15) is 14.4 Å². The number of quaternary nitrogens is 1. The fourth-order valence-corrected chi connectivity index (χ4v) is 3.10. The summed E-state index contributed by atoms with van der Waals surface area (Å²) in [6.45, 7) is 3.32. The molecule has 1 aromatic carbocycles. The number of imide groups is 1. The Hall–Kier alpha value is -2.25. The van der Waals surface area contributed by atoms with Crippen LogP contribution in [0.4, 0.5) is 0 Å². The summed E-state index contributed by atoms with van der Waals surface area (Å²) in [5.74, 6) is -1.01. The quantitative estimate of drug-likeness (QED) is 0.629. The smallest absolute Gasteiger partial charge is 0.262 e. The molecule has 7 nitrogen and oxygen atoms in total. The number of amides is 3. The number of aliphatic hydroxyl groups excluding tert-OH is 1. The van der Waals surface area contributed by atoms with E-state index in [1.165, 1.54) is 4.90 Å². The van der Waals surface area contributed by atoms with Crippen LogP contribution in [0.25, 0.3) is 0 Å². The van der Waals surface area contributed by atoms with Crippen molar-refractivity contribution in [1.82, 2.24) is 9.80 Å². The van der Waals surface area contributed by atoms with E-state index in [4.69, 9.17) is 5.11 Å². The number of rotatable bonds is 4. The van der Waals surface area contributed by atoms with Crippen LogP contribution in [-0.2, 0) is 4.79 Å². The molecule has 2 aliphatic rings. The molecule has 0 saturated carbocycles. The Morgan fingerprint density at radius 2 is 1.65 bits per heavy atom. The molecule has 2 aliphatic heterocycles. The molecule has 1 aromatic rings. The van der Waals surface area contributed by atoms with Gasteiger partial charge in [0.15, 0.2) is 0 Å². The van der Waals surface area contributed by atoms with E-state index >= 15 is 0 Å². The number of carbonyl (C=O) groups excluding carboxylic acids is 3. The molecular weight excluding hydrogens is 298 g/mol. The number of nitrogens with zero attached hydrogens (tertiary/aromatic N) is 2. The summed E-state index contributed by atoms with van der Waals surface area (Å²) in [5, 5.41) is 8.94. The van der Waals surface area contributed by atoms with Crippen molar-refractivity contribution in [2.75, 3.05) is 45.9 Å². The van der Waals surface area contributed by atoms with Gasteiger partial charge >= 0.3 is 0 Å². The first-order chi connectivity index (χ1) is 11.1. The minimum Gasteiger partial charge on any atom is -0.391 e. The van der Waals surface area contributed by atoms with Gasteiger partial charge < -0.3 is 14.9 Å². The molecular formula is C16H20N3O4+. The van der Waals surface area contributed by atoms with Crippen molar-refractivity contribution in [3.63, 3.8) is 0 Å². The van der Waals surface area contributed by atoms with Crippen molar-refractivity contribution in [3.05, 3.63) is 35.4 Å². The summed E-state index contributed by atoms with van der Waals surface area (Å²) in [6, 6.07) is 6.63. The molecule has 0 aromatic heterocycles. The molecule has 0 aliphatic carbocycles. The van der Waals surface area contributed by atoms with Crippen LogP contribution in [-0.4, -0.2) is 78.5 Å². The summed E-state index contributed by atoms with van der Waals surface area (Å²) < 4.78 is 0. The number of benzene rings is 1. The second-order valence-electron chi connectivity index (χ2n) is 5.85. The second kappa shape index (κ2) is 6.47. The van der Waals surface area contributed by atoms with Crippen molar-refractivity contribution in [3.8, 4) is 0 Å². The highest BCUT2D eigenvalue weighted by Crippen LogP contribution is 2.22. The SMILES string of the molecule is O=C(CN1C(=O)c2ccccc2C1=O)N1CC[NH+](CCO)CC1. The topological polar surface area (TPSA) is 82.4 Å². The van der Waals surface area contributed by atoms with Crippen LogP contribution >= 0.6 is 0 Å².